The van der Waals surface area contributed by atoms with Crippen molar-refractivity contribution in [2.75, 3.05) is 5.73 Å². The molecule has 0 spiro atoms. The zero-order valence-electron chi connectivity index (χ0n) is 11.1. The highest BCUT2D eigenvalue weighted by Crippen LogP contribution is 2.36. The van der Waals surface area contributed by atoms with Gasteiger partial charge in [0.25, 0.3) is 0 Å². The number of hydrogen-bond acceptors (Lipinski definition) is 3. The van der Waals surface area contributed by atoms with E-state index in [0.29, 0.717) is 6.42 Å². The molecule has 0 heterocycles. The molecule has 1 aliphatic carbocycles. The van der Waals surface area contributed by atoms with E-state index >= 15 is 0 Å². The summed E-state index contributed by atoms with van der Waals surface area (Å²) in [5.41, 5.74) is 5.70. The zero-order chi connectivity index (χ0) is 14.0. The Bertz CT molecular complexity index is 557. The van der Waals surface area contributed by atoms with Gasteiger partial charge in [-0.2, -0.15) is 0 Å². The fraction of sp³-hybridized carbons (Fsp3) is 0.571. The predicted molar refractivity (Wildman–Crippen MR) is 74.0 cm³/mol. The van der Waals surface area contributed by atoms with E-state index < -0.39 is 15.7 Å². The average Bonchev–Trinajstić information content (AvgIpc) is 2.38. The molecule has 1 aliphatic rings. The summed E-state index contributed by atoms with van der Waals surface area (Å²) in [6, 6.07) is 3.53. The minimum Gasteiger partial charge on any atom is -0.398 e. The van der Waals surface area contributed by atoms with E-state index in [-0.39, 0.29) is 21.8 Å². The molecule has 0 bridgehead atoms. The van der Waals surface area contributed by atoms with E-state index in [9.17, 15) is 12.8 Å². The van der Waals surface area contributed by atoms with Crippen LogP contribution in [0.4, 0.5) is 10.1 Å². The summed E-state index contributed by atoms with van der Waals surface area (Å²) >= 11 is 0. The van der Waals surface area contributed by atoms with E-state index in [1.807, 2.05) is 6.92 Å². The van der Waals surface area contributed by atoms with Crippen molar-refractivity contribution in [1.29, 1.82) is 0 Å². The fourth-order valence-electron chi connectivity index (χ4n) is 2.99. The highest BCUT2D eigenvalue weighted by atomic mass is 32.2. The number of sulfone groups is 1. The van der Waals surface area contributed by atoms with Crippen LogP contribution in [0.25, 0.3) is 0 Å². The molecule has 2 atom stereocenters. The lowest BCUT2D eigenvalue weighted by molar-refractivity contribution is 0.348. The summed E-state index contributed by atoms with van der Waals surface area (Å²) < 4.78 is 38.4. The second-order valence-corrected chi connectivity index (χ2v) is 7.35. The van der Waals surface area contributed by atoms with Crippen LogP contribution in [0, 0.1) is 11.7 Å². The second kappa shape index (κ2) is 5.49. The number of halogens is 1. The lowest BCUT2D eigenvalue weighted by Crippen LogP contribution is -2.33. The van der Waals surface area contributed by atoms with Crippen LogP contribution >= 0.6 is 0 Å². The van der Waals surface area contributed by atoms with Gasteiger partial charge < -0.3 is 5.73 Å². The van der Waals surface area contributed by atoms with Crippen LogP contribution in [-0.2, 0) is 9.84 Å². The van der Waals surface area contributed by atoms with Crippen molar-refractivity contribution < 1.29 is 12.8 Å². The first-order chi connectivity index (χ1) is 8.96. The van der Waals surface area contributed by atoms with Gasteiger partial charge in [-0.25, -0.2) is 12.8 Å². The van der Waals surface area contributed by atoms with E-state index in [0.717, 1.165) is 37.8 Å². The monoisotopic (exact) mass is 285 g/mol. The Morgan fingerprint density at radius 3 is 2.63 bits per heavy atom. The summed E-state index contributed by atoms with van der Waals surface area (Å²) in [4.78, 5) is 0.0826. The Kier molecular flexibility index (Phi) is 4.13. The van der Waals surface area contributed by atoms with Crippen LogP contribution < -0.4 is 5.73 Å². The molecule has 5 heteroatoms. The topological polar surface area (TPSA) is 60.2 Å². The normalized spacial score (nSPS) is 24.3. The Labute approximate surface area is 113 Å². The Balaban J connectivity index is 2.40. The Morgan fingerprint density at radius 1 is 1.32 bits per heavy atom. The van der Waals surface area contributed by atoms with Gasteiger partial charge in [0.05, 0.1) is 15.8 Å². The van der Waals surface area contributed by atoms with Crippen LogP contribution in [0.2, 0.25) is 0 Å². The van der Waals surface area contributed by atoms with Crippen molar-refractivity contribution in [2.24, 2.45) is 5.92 Å². The fourth-order valence-corrected chi connectivity index (χ4v) is 5.27. The zero-order valence-corrected chi connectivity index (χ0v) is 11.9. The lowest BCUT2D eigenvalue weighted by Gasteiger charge is -2.30. The maximum Gasteiger partial charge on any atom is 0.183 e. The highest BCUT2D eigenvalue weighted by Gasteiger charge is 2.36. The SMILES string of the molecule is CCC1CCCCC1S(=O)(=O)c1ccc(F)cc1N. The van der Waals surface area contributed by atoms with E-state index in [4.69, 9.17) is 5.73 Å². The number of rotatable bonds is 3. The number of nitrogen functional groups attached to an aromatic ring is 1. The predicted octanol–water partition coefficient (Wildman–Crippen LogP) is 3.15. The molecule has 2 rings (SSSR count). The maximum atomic E-state index is 13.0. The van der Waals surface area contributed by atoms with E-state index in [2.05, 4.69) is 0 Å². The van der Waals surface area contributed by atoms with Gasteiger partial charge in [-0.1, -0.05) is 26.2 Å². The van der Waals surface area contributed by atoms with Gasteiger partial charge in [-0.05, 0) is 37.0 Å². The van der Waals surface area contributed by atoms with E-state index in [1.165, 1.54) is 6.07 Å². The molecule has 2 unspecified atom stereocenters. The largest absolute Gasteiger partial charge is 0.398 e. The quantitative estimate of drug-likeness (QED) is 0.685. The number of anilines is 1. The van der Waals surface area contributed by atoms with Gasteiger partial charge in [0, 0.05) is 0 Å². The van der Waals surface area contributed by atoms with E-state index in [1.54, 1.807) is 0 Å². The van der Waals surface area contributed by atoms with Gasteiger partial charge in [-0.3, -0.25) is 0 Å². The van der Waals surface area contributed by atoms with Crippen LogP contribution in [0.15, 0.2) is 23.1 Å². The summed E-state index contributed by atoms with van der Waals surface area (Å²) in [5, 5.41) is -0.376. The summed E-state index contributed by atoms with van der Waals surface area (Å²) in [6.45, 7) is 2.02. The van der Waals surface area contributed by atoms with Gasteiger partial charge in [0.15, 0.2) is 9.84 Å². The minimum atomic E-state index is -3.46. The third-order valence-corrected chi connectivity index (χ3v) is 6.44. The standard InChI is InChI=1S/C14H20FNO2S/c1-2-10-5-3-4-6-13(10)19(17,18)14-8-7-11(15)9-12(14)16/h7-10,13H,2-6,16H2,1H3. The molecule has 1 fully saturated rings. The molecule has 0 aliphatic heterocycles. The maximum absolute atomic E-state index is 13.0. The average molecular weight is 285 g/mol. The Morgan fingerprint density at radius 2 is 2.00 bits per heavy atom. The van der Waals surface area contributed by atoms with Crippen LogP contribution in [0.1, 0.15) is 39.0 Å². The lowest BCUT2D eigenvalue weighted by atomic mass is 9.87. The van der Waals surface area contributed by atoms with Crippen molar-refractivity contribution in [3.8, 4) is 0 Å². The highest BCUT2D eigenvalue weighted by molar-refractivity contribution is 7.92. The third-order valence-electron chi connectivity index (χ3n) is 4.04. The number of benzene rings is 1. The molecule has 19 heavy (non-hydrogen) atoms. The molecular weight excluding hydrogens is 265 g/mol. The first-order valence-corrected chi connectivity index (χ1v) is 8.30. The summed E-state index contributed by atoms with van der Waals surface area (Å²) in [5.74, 6) is -0.324. The molecule has 2 N–H and O–H groups in total. The van der Waals surface area contributed by atoms with Gasteiger partial charge >= 0.3 is 0 Å². The molecule has 0 aromatic heterocycles. The number of nitrogens with two attached hydrogens (primary N) is 1. The van der Waals surface area contributed by atoms with Crippen molar-refractivity contribution in [1.82, 2.24) is 0 Å². The second-order valence-electron chi connectivity index (χ2n) is 5.22. The van der Waals surface area contributed by atoms with Crippen LogP contribution in [0.3, 0.4) is 0 Å². The molecule has 106 valence electrons. The smallest absolute Gasteiger partial charge is 0.183 e. The molecular formula is C14H20FNO2S. The third kappa shape index (κ3) is 2.76. The molecule has 1 aromatic rings. The molecule has 1 saturated carbocycles. The first kappa shape index (κ1) is 14.3. The van der Waals surface area contributed by atoms with Gasteiger partial charge in [0.2, 0.25) is 0 Å². The summed E-state index contributed by atoms with van der Waals surface area (Å²) in [7, 11) is -3.46. The first-order valence-electron chi connectivity index (χ1n) is 6.75. The van der Waals surface area contributed by atoms with Crippen LogP contribution in [0.5, 0.6) is 0 Å². The van der Waals surface area contributed by atoms with Crippen molar-refractivity contribution in [3.05, 3.63) is 24.0 Å². The minimum absolute atomic E-state index is 0.0143. The van der Waals surface area contributed by atoms with Crippen molar-refractivity contribution >= 4 is 15.5 Å². The number of hydrogen-bond donors (Lipinski definition) is 1. The van der Waals surface area contributed by atoms with Crippen molar-refractivity contribution in [2.45, 2.75) is 49.2 Å². The van der Waals surface area contributed by atoms with Crippen LogP contribution in [-0.4, -0.2) is 13.7 Å². The molecule has 0 radical (unpaired) electrons. The van der Waals surface area contributed by atoms with Gasteiger partial charge in [-0.15, -0.1) is 0 Å². The Hall–Kier alpha value is -1.10. The van der Waals surface area contributed by atoms with Crippen molar-refractivity contribution in [3.63, 3.8) is 0 Å². The van der Waals surface area contributed by atoms with Gasteiger partial charge in [0.1, 0.15) is 5.82 Å². The summed E-state index contributed by atoms with van der Waals surface area (Å²) in [6.07, 6.45) is 4.50. The molecule has 3 nitrogen and oxygen atoms in total. The molecule has 0 saturated heterocycles. The molecule has 0 amide bonds. The molecule has 1 aromatic carbocycles.